The summed E-state index contributed by atoms with van der Waals surface area (Å²) in [6.07, 6.45) is 1.09. The van der Waals surface area contributed by atoms with E-state index in [0.29, 0.717) is 0 Å². The third-order valence-electron chi connectivity index (χ3n) is 3.87. The smallest absolute Gasteiger partial charge is 0.0449 e. The number of hydrogen-bond acceptors (Lipinski definition) is 3. The average Bonchev–Trinajstić information content (AvgIpc) is 3.34. The summed E-state index contributed by atoms with van der Waals surface area (Å²) >= 11 is 5.56. The molecule has 0 spiro atoms. The number of rotatable bonds is 4. The number of thiophene rings is 3. The van der Waals surface area contributed by atoms with Crippen LogP contribution in [0.5, 0.6) is 0 Å². The second-order valence-electron chi connectivity index (χ2n) is 5.36. The first-order chi connectivity index (χ1) is 11.3. The van der Waals surface area contributed by atoms with Crippen molar-refractivity contribution in [1.82, 2.24) is 0 Å². The van der Waals surface area contributed by atoms with Crippen LogP contribution >= 0.6 is 34.0 Å². The molecular weight excluding hydrogens is 336 g/mol. The highest BCUT2D eigenvalue weighted by Gasteiger charge is 2.09. The van der Waals surface area contributed by atoms with Crippen molar-refractivity contribution in [3.05, 3.63) is 71.6 Å². The summed E-state index contributed by atoms with van der Waals surface area (Å²) in [5.41, 5.74) is 2.71. The van der Waals surface area contributed by atoms with Gasteiger partial charge in [-0.3, -0.25) is 0 Å². The third kappa shape index (κ3) is 3.05. The van der Waals surface area contributed by atoms with Gasteiger partial charge in [-0.2, -0.15) is 0 Å². The van der Waals surface area contributed by atoms with Gasteiger partial charge in [0.05, 0.1) is 0 Å². The van der Waals surface area contributed by atoms with Crippen LogP contribution in [0.1, 0.15) is 12.5 Å². The largest absolute Gasteiger partial charge is 0.143 e. The molecule has 0 saturated carbocycles. The monoisotopic (exact) mass is 352 g/mol. The van der Waals surface area contributed by atoms with Gasteiger partial charge >= 0.3 is 0 Å². The van der Waals surface area contributed by atoms with E-state index in [1.807, 2.05) is 22.7 Å². The fraction of sp³-hybridized carbons (Fsp3) is 0.100. The van der Waals surface area contributed by atoms with E-state index >= 15 is 0 Å². The van der Waals surface area contributed by atoms with Gasteiger partial charge < -0.3 is 0 Å². The predicted octanol–water partition coefficient (Wildman–Crippen LogP) is 7.43. The Labute approximate surface area is 148 Å². The summed E-state index contributed by atoms with van der Waals surface area (Å²) < 4.78 is 0. The maximum atomic E-state index is 2.25. The first-order valence-electron chi connectivity index (χ1n) is 7.67. The SMILES string of the molecule is CCc1ccc(-c2ccc(-c3ccc(-c4cccs4)s3)s2)cc1. The molecule has 0 fully saturated rings. The van der Waals surface area contributed by atoms with Gasteiger partial charge in [0.2, 0.25) is 0 Å². The summed E-state index contributed by atoms with van der Waals surface area (Å²) in [6.45, 7) is 2.19. The van der Waals surface area contributed by atoms with Crippen LogP contribution in [0.3, 0.4) is 0 Å². The fourth-order valence-electron chi connectivity index (χ4n) is 2.55. The van der Waals surface area contributed by atoms with Crippen LogP contribution in [-0.2, 0) is 6.42 Å². The lowest BCUT2D eigenvalue weighted by Gasteiger charge is -1.99. The second kappa shape index (κ2) is 6.44. The molecule has 0 unspecified atom stereocenters. The maximum Gasteiger partial charge on any atom is 0.0449 e. The molecule has 23 heavy (non-hydrogen) atoms. The molecule has 4 rings (SSSR count). The Morgan fingerprint density at radius 1 is 0.652 bits per heavy atom. The molecule has 1 aromatic carbocycles. The van der Waals surface area contributed by atoms with Gasteiger partial charge in [-0.05, 0) is 53.3 Å². The minimum Gasteiger partial charge on any atom is -0.143 e. The molecule has 0 atom stereocenters. The van der Waals surface area contributed by atoms with Crippen LogP contribution in [-0.4, -0.2) is 0 Å². The number of benzene rings is 1. The Morgan fingerprint density at radius 2 is 1.26 bits per heavy atom. The Bertz CT molecular complexity index is 893. The van der Waals surface area contributed by atoms with Crippen LogP contribution < -0.4 is 0 Å². The molecule has 0 nitrogen and oxygen atoms in total. The molecule has 0 amide bonds. The minimum atomic E-state index is 1.09. The highest BCUT2D eigenvalue weighted by molar-refractivity contribution is 7.27. The molecule has 3 aromatic heterocycles. The zero-order valence-electron chi connectivity index (χ0n) is 12.8. The molecule has 4 aromatic rings. The Kier molecular flexibility index (Phi) is 4.17. The summed E-state index contributed by atoms with van der Waals surface area (Å²) in [7, 11) is 0. The average molecular weight is 353 g/mol. The lowest BCUT2D eigenvalue weighted by molar-refractivity contribution is 1.14. The minimum absolute atomic E-state index is 1.09. The van der Waals surface area contributed by atoms with Gasteiger partial charge in [0.1, 0.15) is 0 Å². The molecular formula is C20H16S3. The van der Waals surface area contributed by atoms with Crippen molar-refractivity contribution in [1.29, 1.82) is 0 Å². The molecule has 114 valence electrons. The van der Waals surface area contributed by atoms with E-state index < -0.39 is 0 Å². The van der Waals surface area contributed by atoms with Crippen molar-refractivity contribution in [3.8, 4) is 29.9 Å². The van der Waals surface area contributed by atoms with Crippen molar-refractivity contribution in [2.45, 2.75) is 13.3 Å². The van der Waals surface area contributed by atoms with E-state index in [4.69, 9.17) is 0 Å². The Balaban J connectivity index is 1.62. The fourth-order valence-corrected chi connectivity index (χ4v) is 5.49. The van der Waals surface area contributed by atoms with E-state index in [1.54, 1.807) is 11.3 Å². The van der Waals surface area contributed by atoms with E-state index in [0.717, 1.165) is 6.42 Å². The quantitative estimate of drug-likeness (QED) is 0.358. The zero-order valence-corrected chi connectivity index (χ0v) is 15.2. The molecule has 0 aliphatic carbocycles. The van der Waals surface area contributed by atoms with Gasteiger partial charge in [-0.25, -0.2) is 0 Å². The lowest BCUT2D eigenvalue weighted by atomic mass is 10.1. The third-order valence-corrected chi connectivity index (χ3v) is 7.35. The van der Waals surface area contributed by atoms with Crippen LogP contribution in [0, 0.1) is 0 Å². The maximum absolute atomic E-state index is 2.25. The predicted molar refractivity (Wildman–Crippen MR) is 106 cm³/mol. The van der Waals surface area contributed by atoms with Crippen molar-refractivity contribution in [3.63, 3.8) is 0 Å². The molecule has 0 radical (unpaired) electrons. The van der Waals surface area contributed by atoms with Crippen molar-refractivity contribution in [2.75, 3.05) is 0 Å². The van der Waals surface area contributed by atoms with Gasteiger partial charge in [0, 0.05) is 24.4 Å². The molecule has 0 bridgehead atoms. The Morgan fingerprint density at radius 3 is 1.87 bits per heavy atom. The molecule has 0 aliphatic heterocycles. The van der Waals surface area contributed by atoms with Crippen molar-refractivity contribution >= 4 is 34.0 Å². The van der Waals surface area contributed by atoms with Crippen molar-refractivity contribution < 1.29 is 0 Å². The van der Waals surface area contributed by atoms with Gasteiger partial charge in [-0.1, -0.05) is 37.3 Å². The molecule has 0 N–H and O–H groups in total. The van der Waals surface area contributed by atoms with Crippen LogP contribution in [0.15, 0.2) is 66.0 Å². The molecule has 3 heteroatoms. The molecule has 0 aliphatic rings. The number of aryl methyl sites for hydroxylation is 1. The first kappa shape index (κ1) is 14.9. The summed E-state index contributed by atoms with van der Waals surface area (Å²) in [6, 6.07) is 22.2. The topological polar surface area (TPSA) is 0 Å². The van der Waals surface area contributed by atoms with E-state index in [2.05, 4.69) is 73.0 Å². The summed E-state index contributed by atoms with van der Waals surface area (Å²) in [4.78, 5) is 6.77. The highest BCUT2D eigenvalue weighted by atomic mass is 32.1. The number of hydrogen-bond donors (Lipinski definition) is 0. The summed E-state index contributed by atoms with van der Waals surface area (Å²) in [5, 5.41) is 2.14. The first-order valence-corrected chi connectivity index (χ1v) is 10.2. The van der Waals surface area contributed by atoms with E-state index in [-0.39, 0.29) is 0 Å². The van der Waals surface area contributed by atoms with Crippen LogP contribution in [0.4, 0.5) is 0 Å². The normalized spacial score (nSPS) is 11.0. The standard InChI is InChI=1S/C20H16S3/c1-2-14-5-7-15(8-6-14)16-9-10-19(22-16)20-12-11-18(23-20)17-4-3-13-21-17/h3-13H,2H2,1H3. The van der Waals surface area contributed by atoms with Gasteiger partial charge in [-0.15, -0.1) is 34.0 Å². The summed E-state index contributed by atoms with van der Waals surface area (Å²) in [5.74, 6) is 0. The van der Waals surface area contributed by atoms with E-state index in [9.17, 15) is 0 Å². The lowest BCUT2D eigenvalue weighted by Crippen LogP contribution is -1.78. The van der Waals surface area contributed by atoms with Crippen LogP contribution in [0.25, 0.3) is 29.9 Å². The zero-order chi connectivity index (χ0) is 15.6. The second-order valence-corrected chi connectivity index (χ2v) is 8.47. The molecule has 0 saturated heterocycles. The van der Waals surface area contributed by atoms with Gasteiger partial charge in [0.15, 0.2) is 0 Å². The van der Waals surface area contributed by atoms with Crippen molar-refractivity contribution in [2.24, 2.45) is 0 Å². The van der Waals surface area contributed by atoms with Crippen LogP contribution in [0.2, 0.25) is 0 Å². The van der Waals surface area contributed by atoms with E-state index in [1.165, 1.54) is 35.5 Å². The van der Waals surface area contributed by atoms with Gasteiger partial charge in [0.25, 0.3) is 0 Å². The highest BCUT2D eigenvalue weighted by Crippen LogP contribution is 2.41. The molecule has 3 heterocycles. The Hall–Kier alpha value is -1.68.